The van der Waals surface area contributed by atoms with Gasteiger partial charge < -0.3 is 25.8 Å². The lowest BCUT2D eigenvalue weighted by Crippen LogP contribution is -2.60. The maximum Gasteiger partial charge on any atom is 0.245 e. The SMILES string of the molecule is CCC(C)C1NC(=O)C(C(C)C)NC(=O)C(Cc2ccccc2)N(C)C(=O)C2CCCN2C(=O)C(CC(C)C)NC1=O. The topological polar surface area (TPSA) is 128 Å². The molecule has 2 aliphatic heterocycles. The number of carbonyl (C=O) groups excluding carboxylic acids is 5. The smallest absolute Gasteiger partial charge is 0.245 e. The fourth-order valence-electron chi connectivity index (χ4n) is 5.80. The lowest BCUT2D eigenvalue weighted by molar-refractivity contribution is -0.148. The van der Waals surface area contributed by atoms with Crippen molar-refractivity contribution in [3.05, 3.63) is 35.9 Å². The highest BCUT2D eigenvalue weighted by Gasteiger charge is 2.43. The average Bonchev–Trinajstić information content (AvgIpc) is 3.44. The van der Waals surface area contributed by atoms with Gasteiger partial charge in [-0.1, -0.05) is 78.3 Å². The van der Waals surface area contributed by atoms with Crippen molar-refractivity contribution in [1.82, 2.24) is 25.8 Å². The van der Waals surface area contributed by atoms with Gasteiger partial charge in [0.15, 0.2) is 0 Å². The number of fused-ring (bicyclic) bond motifs is 1. The molecule has 2 fully saturated rings. The molecule has 5 amide bonds. The molecule has 0 saturated carbocycles. The molecule has 232 valence electrons. The second-order valence-electron chi connectivity index (χ2n) is 12.6. The van der Waals surface area contributed by atoms with Crippen LogP contribution in [0.15, 0.2) is 30.3 Å². The predicted octanol–water partition coefficient (Wildman–Crippen LogP) is 2.26. The third-order valence-electron chi connectivity index (χ3n) is 8.57. The van der Waals surface area contributed by atoms with Crippen LogP contribution in [-0.2, 0) is 30.4 Å². The molecule has 6 atom stereocenters. The van der Waals surface area contributed by atoms with E-state index in [1.807, 2.05) is 71.9 Å². The van der Waals surface area contributed by atoms with Gasteiger partial charge in [-0.25, -0.2) is 0 Å². The number of amides is 5. The highest BCUT2D eigenvalue weighted by Crippen LogP contribution is 2.24. The highest BCUT2D eigenvalue weighted by molar-refractivity contribution is 5.98. The summed E-state index contributed by atoms with van der Waals surface area (Å²) in [7, 11) is 1.59. The maximum atomic E-state index is 14.0. The molecule has 2 saturated heterocycles. The van der Waals surface area contributed by atoms with Gasteiger partial charge in [0.05, 0.1) is 0 Å². The number of likely N-dealkylation sites (N-methyl/N-ethyl adjacent to an activating group) is 1. The van der Waals surface area contributed by atoms with Crippen LogP contribution in [0, 0.1) is 17.8 Å². The Labute approximate surface area is 250 Å². The Morgan fingerprint density at radius 2 is 1.45 bits per heavy atom. The van der Waals surface area contributed by atoms with Crippen molar-refractivity contribution in [2.24, 2.45) is 17.8 Å². The molecule has 1 aromatic carbocycles. The number of hydrogen-bond acceptors (Lipinski definition) is 5. The Balaban J connectivity index is 2.10. The summed E-state index contributed by atoms with van der Waals surface area (Å²) in [6.45, 7) is 11.8. The molecule has 0 spiro atoms. The van der Waals surface area contributed by atoms with Crippen molar-refractivity contribution in [3.63, 3.8) is 0 Å². The minimum Gasteiger partial charge on any atom is -0.342 e. The van der Waals surface area contributed by atoms with Crippen molar-refractivity contribution in [3.8, 4) is 0 Å². The van der Waals surface area contributed by atoms with Gasteiger partial charge in [-0.2, -0.15) is 0 Å². The number of nitrogens with one attached hydrogen (secondary N) is 3. The van der Waals surface area contributed by atoms with Crippen LogP contribution in [-0.4, -0.2) is 83.1 Å². The number of nitrogens with zero attached hydrogens (tertiary/aromatic N) is 2. The molecule has 42 heavy (non-hydrogen) atoms. The van der Waals surface area contributed by atoms with Crippen LogP contribution in [0.3, 0.4) is 0 Å². The Kier molecular flexibility index (Phi) is 11.5. The summed E-state index contributed by atoms with van der Waals surface area (Å²) in [6.07, 6.45) is 2.38. The highest BCUT2D eigenvalue weighted by atomic mass is 16.2. The Morgan fingerprint density at radius 1 is 0.833 bits per heavy atom. The van der Waals surface area contributed by atoms with Crippen molar-refractivity contribution in [2.45, 2.75) is 104 Å². The van der Waals surface area contributed by atoms with Crippen LogP contribution in [0.25, 0.3) is 0 Å². The van der Waals surface area contributed by atoms with Crippen molar-refractivity contribution >= 4 is 29.5 Å². The third-order valence-corrected chi connectivity index (χ3v) is 8.57. The minimum atomic E-state index is -0.931. The molecule has 0 radical (unpaired) electrons. The molecule has 0 aliphatic carbocycles. The number of rotatable bonds is 7. The zero-order valence-electron chi connectivity index (χ0n) is 26.2. The van der Waals surface area contributed by atoms with Crippen LogP contribution in [0.4, 0.5) is 0 Å². The van der Waals surface area contributed by atoms with Crippen LogP contribution in [0.5, 0.6) is 0 Å². The first-order valence-corrected chi connectivity index (χ1v) is 15.4. The van der Waals surface area contributed by atoms with E-state index in [1.165, 1.54) is 4.90 Å². The summed E-state index contributed by atoms with van der Waals surface area (Å²) in [5.74, 6) is -2.43. The van der Waals surface area contributed by atoms with Crippen LogP contribution >= 0.6 is 0 Å². The predicted molar refractivity (Wildman–Crippen MR) is 161 cm³/mol. The van der Waals surface area contributed by atoms with Gasteiger partial charge in [0.2, 0.25) is 29.5 Å². The molecule has 0 bridgehead atoms. The fourth-order valence-corrected chi connectivity index (χ4v) is 5.80. The van der Waals surface area contributed by atoms with E-state index in [0.29, 0.717) is 32.2 Å². The first kappa shape index (κ1) is 33.1. The van der Waals surface area contributed by atoms with Crippen molar-refractivity contribution in [1.29, 1.82) is 0 Å². The van der Waals surface area contributed by atoms with E-state index in [0.717, 1.165) is 5.56 Å². The number of benzene rings is 1. The molecule has 10 nitrogen and oxygen atoms in total. The molecule has 2 aliphatic rings. The lowest BCUT2D eigenvalue weighted by atomic mass is 9.95. The van der Waals surface area contributed by atoms with Crippen LogP contribution < -0.4 is 16.0 Å². The minimum absolute atomic E-state index is 0.0970. The quantitative estimate of drug-likeness (QED) is 0.454. The molecule has 10 heteroatoms. The standard InChI is InChI=1S/C32H49N5O5/c1-8-21(6)27-30(40)33-23(17-19(2)3)31(41)37-16-12-15-24(37)32(42)36(7)25(18-22-13-10-9-11-14-22)28(38)34-26(20(4)5)29(39)35-27/h9-11,13-14,19-21,23-27H,8,12,15-18H2,1-7H3,(H,33,40)(H,34,38)(H,35,39). The molecule has 2 heterocycles. The molecule has 3 N–H and O–H groups in total. The number of hydrogen-bond donors (Lipinski definition) is 3. The molecule has 1 aromatic rings. The summed E-state index contributed by atoms with van der Waals surface area (Å²) >= 11 is 0. The van der Waals surface area contributed by atoms with Crippen molar-refractivity contribution < 1.29 is 24.0 Å². The Morgan fingerprint density at radius 3 is 2.05 bits per heavy atom. The summed E-state index contributed by atoms with van der Waals surface area (Å²) < 4.78 is 0. The Bertz CT molecular complexity index is 1120. The van der Waals surface area contributed by atoms with E-state index in [4.69, 9.17) is 0 Å². The summed E-state index contributed by atoms with van der Waals surface area (Å²) in [5.41, 5.74) is 0.865. The molecule has 3 rings (SSSR count). The largest absolute Gasteiger partial charge is 0.342 e. The van der Waals surface area contributed by atoms with Crippen LogP contribution in [0.1, 0.15) is 72.8 Å². The zero-order valence-corrected chi connectivity index (χ0v) is 26.2. The number of carbonyl (C=O) groups is 5. The van der Waals surface area contributed by atoms with Gasteiger partial charge in [0.1, 0.15) is 30.2 Å². The first-order chi connectivity index (χ1) is 19.8. The summed E-state index contributed by atoms with van der Waals surface area (Å²) in [4.78, 5) is 72.2. The summed E-state index contributed by atoms with van der Waals surface area (Å²) in [6, 6.07) is 5.09. The normalized spacial score (nSPS) is 27.3. The van der Waals surface area contributed by atoms with Gasteiger partial charge in [0, 0.05) is 20.0 Å². The van der Waals surface area contributed by atoms with E-state index < -0.39 is 47.9 Å². The lowest BCUT2D eigenvalue weighted by Gasteiger charge is -2.34. The van der Waals surface area contributed by atoms with E-state index in [-0.39, 0.29) is 36.0 Å². The molecule has 0 aromatic heterocycles. The summed E-state index contributed by atoms with van der Waals surface area (Å²) in [5, 5.41) is 8.71. The van der Waals surface area contributed by atoms with Crippen molar-refractivity contribution in [2.75, 3.05) is 13.6 Å². The maximum absolute atomic E-state index is 14.0. The van der Waals surface area contributed by atoms with Gasteiger partial charge in [-0.05, 0) is 42.6 Å². The van der Waals surface area contributed by atoms with E-state index in [9.17, 15) is 24.0 Å². The van der Waals surface area contributed by atoms with Gasteiger partial charge in [-0.3, -0.25) is 24.0 Å². The van der Waals surface area contributed by atoms with E-state index in [2.05, 4.69) is 16.0 Å². The molecular weight excluding hydrogens is 534 g/mol. The first-order valence-electron chi connectivity index (χ1n) is 15.4. The van der Waals surface area contributed by atoms with E-state index >= 15 is 0 Å². The van der Waals surface area contributed by atoms with Gasteiger partial charge >= 0.3 is 0 Å². The second kappa shape index (κ2) is 14.6. The third kappa shape index (κ3) is 7.89. The molecular formula is C32H49N5O5. The van der Waals surface area contributed by atoms with Gasteiger partial charge in [0.25, 0.3) is 0 Å². The second-order valence-corrected chi connectivity index (χ2v) is 12.6. The molecule has 6 unspecified atom stereocenters. The van der Waals surface area contributed by atoms with Crippen LogP contribution in [0.2, 0.25) is 0 Å². The monoisotopic (exact) mass is 583 g/mol. The zero-order chi connectivity index (χ0) is 31.1. The van der Waals surface area contributed by atoms with Gasteiger partial charge in [-0.15, -0.1) is 0 Å². The Hall–Kier alpha value is -3.43. The van der Waals surface area contributed by atoms with E-state index in [1.54, 1.807) is 11.9 Å². The average molecular weight is 584 g/mol. The fraction of sp³-hybridized carbons (Fsp3) is 0.656.